The summed E-state index contributed by atoms with van der Waals surface area (Å²) in [6, 6.07) is 11.7. The summed E-state index contributed by atoms with van der Waals surface area (Å²) in [4.78, 5) is 12.7. The largest absolute Gasteiger partial charge is 0.416 e. The number of nitrogens with zero attached hydrogens (tertiary/aromatic N) is 4. The van der Waals surface area contributed by atoms with Crippen LogP contribution in [0.2, 0.25) is 0 Å². The van der Waals surface area contributed by atoms with Crippen molar-refractivity contribution in [3.8, 4) is 34.1 Å². The molecule has 3 aromatic heterocycles. The zero-order chi connectivity index (χ0) is 20.6. The van der Waals surface area contributed by atoms with Crippen LogP contribution in [0.1, 0.15) is 11.3 Å². The van der Waals surface area contributed by atoms with Gasteiger partial charge in [-0.25, -0.2) is 9.97 Å². The molecule has 1 aromatic carbocycles. The van der Waals surface area contributed by atoms with Crippen LogP contribution in [0.5, 0.6) is 0 Å². The summed E-state index contributed by atoms with van der Waals surface area (Å²) in [5.74, 6) is 0.888. The summed E-state index contributed by atoms with van der Waals surface area (Å²) >= 11 is 0. The van der Waals surface area contributed by atoms with Crippen LogP contribution in [-0.2, 0) is 6.18 Å². The summed E-state index contributed by atoms with van der Waals surface area (Å²) in [6.07, 6.45) is -2.85. The molecular weight excluding hydrogens is 383 g/mol. The lowest BCUT2D eigenvalue weighted by Crippen LogP contribution is -2.04. The minimum absolute atomic E-state index is 0.189. The molecule has 0 aliphatic heterocycles. The molecule has 6 nitrogen and oxygen atoms in total. The molecule has 0 radical (unpaired) electrons. The highest BCUT2D eigenvalue weighted by Gasteiger charge is 2.30. The number of hydrogen-bond donors (Lipinski definition) is 1. The molecule has 0 amide bonds. The van der Waals surface area contributed by atoms with E-state index in [1.807, 2.05) is 0 Å². The third-order valence-corrected chi connectivity index (χ3v) is 4.19. The molecule has 0 aliphatic rings. The topological polar surface area (TPSA) is 90.7 Å². The van der Waals surface area contributed by atoms with Crippen molar-refractivity contribution in [2.24, 2.45) is 0 Å². The third kappa shape index (κ3) is 3.93. The number of benzene rings is 1. The molecule has 0 aliphatic carbocycles. The standard InChI is InChI=1S/C20H14F3N5O/c1-11-8-14(12-2-5-15(6-3-12)20(21,22)23)9-16(26-11)19-27-18(28-29-19)13-4-7-17(24)25-10-13/h2-10H,1H3,(H2,24,25). The van der Waals surface area contributed by atoms with Gasteiger partial charge in [0.1, 0.15) is 11.5 Å². The fourth-order valence-corrected chi connectivity index (χ4v) is 2.78. The number of rotatable bonds is 3. The van der Waals surface area contributed by atoms with Crippen LogP contribution >= 0.6 is 0 Å². The van der Waals surface area contributed by atoms with Gasteiger partial charge in [-0.1, -0.05) is 17.3 Å². The maximum absolute atomic E-state index is 12.8. The van der Waals surface area contributed by atoms with Crippen molar-refractivity contribution in [2.75, 3.05) is 5.73 Å². The Morgan fingerprint density at radius 3 is 2.28 bits per heavy atom. The first-order valence-corrected chi connectivity index (χ1v) is 8.52. The summed E-state index contributed by atoms with van der Waals surface area (Å²) in [5.41, 5.74) is 7.89. The monoisotopic (exact) mass is 397 g/mol. The molecule has 0 atom stereocenters. The predicted octanol–water partition coefficient (Wildman–Crippen LogP) is 4.77. The number of alkyl halides is 3. The van der Waals surface area contributed by atoms with Crippen LogP contribution < -0.4 is 5.73 Å². The van der Waals surface area contributed by atoms with Crippen molar-refractivity contribution >= 4 is 5.82 Å². The molecule has 0 bridgehead atoms. The molecule has 29 heavy (non-hydrogen) atoms. The van der Waals surface area contributed by atoms with Gasteiger partial charge in [0.2, 0.25) is 5.82 Å². The molecule has 4 aromatic rings. The summed E-state index contributed by atoms with van der Waals surface area (Å²) in [5, 5.41) is 3.93. The lowest BCUT2D eigenvalue weighted by molar-refractivity contribution is -0.137. The molecule has 2 N–H and O–H groups in total. The van der Waals surface area contributed by atoms with E-state index in [2.05, 4.69) is 20.1 Å². The normalized spacial score (nSPS) is 11.6. The Morgan fingerprint density at radius 1 is 0.897 bits per heavy atom. The van der Waals surface area contributed by atoms with Crippen LogP contribution in [0.25, 0.3) is 34.1 Å². The third-order valence-electron chi connectivity index (χ3n) is 4.19. The maximum atomic E-state index is 12.8. The fraction of sp³-hybridized carbons (Fsp3) is 0.100. The van der Waals surface area contributed by atoms with Crippen molar-refractivity contribution in [1.29, 1.82) is 0 Å². The van der Waals surface area contributed by atoms with E-state index >= 15 is 0 Å². The van der Waals surface area contributed by atoms with Gasteiger partial charge in [0.15, 0.2) is 0 Å². The second-order valence-corrected chi connectivity index (χ2v) is 6.35. The molecule has 0 unspecified atom stereocenters. The number of hydrogen-bond acceptors (Lipinski definition) is 6. The van der Waals surface area contributed by atoms with Gasteiger partial charge in [0.25, 0.3) is 5.89 Å². The number of halogens is 3. The van der Waals surface area contributed by atoms with E-state index < -0.39 is 11.7 Å². The number of nitrogens with two attached hydrogens (primary N) is 1. The Morgan fingerprint density at radius 2 is 1.62 bits per heavy atom. The van der Waals surface area contributed by atoms with Crippen LogP contribution in [-0.4, -0.2) is 20.1 Å². The molecule has 4 rings (SSSR count). The average molecular weight is 397 g/mol. The molecule has 3 heterocycles. The SMILES string of the molecule is Cc1cc(-c2ccc(C(F)(F)F)cc2)cc(-c2nc(-c3ccc(N)nc3)no2)n1. The van der Waals surface area contributed by atoms with E-state index in [0.29, 0.717) is 39.7 Å². The van der Waals surface area contributed by atoms with Gasteiger partial charge in [0, 0.05) is 17.5 Å². The van der Waals surface area contributed by atoms with Crippen molar-refractivity contribution in [3.05, 3.63) is 66.0 Å². The van der Waals surface area contributed by atoms with E-state index in [1.54, 1.807) is 31.2 Å². The Hall–Kier alpha value is -3.75. The molecule has 146 valence electrons. The first-order valence-electron chi connectivity index (χ1n) is 8.52. The number of nitrogen functional groups attached to an aromatic ring is 1. The molecule has 0 saturated heterocycles. The summed E-state index contributed by atoms with van der Waals surface area (Å²) in [6.45, 7) is 1.78. The minimum Gasteiger partial charge on any atom is -0.384 e. The maximum Gasteiger partial charge on any atom is 0.416 e. The lowest BCUT2D eigenvalue weighted by atomic mass is 10.0. The number of aryl methyl sites for hydroxylation is 1. The van der Waals surface area contributed by atoms with Gasteiger partial charge < -0.3 is 10.3 Å². The zero-order valence-electron chi connectivity index (χ0n) is 15.1. The summed E-state index contributed by atoms with van der Waals surface area (Å²) < 4.78 is 43.7. The molecule has 0 fully saturated rings. The fourth-order valence-electron chi connectivity index (χ4n) is 2.78. The second kappa shape index (κ2) is 7.01. The van der Waals surface area contributed by atoms with Crippen molar-refractivity contribution < 1.29 is 17.7 Å². The summed E-state index contributed by atoms with van der Waals surface area (Å²) in [7, 11) is 0. The predicted molar refractivity (Wildman–Crippen MR) is 100 cm³/mol. The molecule has 0 spiro atoms. The van der Waals surface area contributed by atoms with E-state index in [4.69, 9.17) is 10.3 Å². The Balaban J connectivity index is 1.68. The van der Waals surface area contributed by atoms with Gasteiger partial charge >= 0.3 is 6.18 Å². The first-order chi connectivity index (χ1) is 13.8. The van der Waals surface area contributed by atoms with Crippen molar-refractivity contribution in [2.45, 2.75) is 13.1 Å². The van der Waals surface area contributed by atoms with Crippen LogP contribution in [0.4, 0.5) is 19.0 Å². The molecule has 0 saturated carbocycles. The van der Waals surface area contributed by atoms with Crippen molar-refractivity contribution in [1.82, 2.24) is 20.1 Å². The van der Waals surface area contributed by atoms with E-state index in [-0.39, 0.29) is 5.89 Å². The van der Waals surface area contributed by atoms with E-state index in [0.717, 1.165) is 12.1 Å². The minimum atomic E-state index is -4.38. The van der Waals surface area contributed by atoms with Crippen LogP contribution in [0, 0.1) is 6.92 Å². The first kappa shape index (κ1) is 18.6. The molecule has 9 heteroatoms. The van der Waals surface area contributed by atoms with E-state index in [9.17, 15) is 13.2 Å². The van der Waals surface area contributed by atoms with Crippen LogP contribution in [0.3, 0.4) is 0 Å². The van der Waals surface area contributed by atoms with Crippen molar-refractivity contribution in [3.63, 3.8) is 0 Å². The van der Waals surface area contributed by atoms with Gasteiger partial charge in [-0.05, 0) is 54.4 Å². The quantitative estimate of drug-likeness (QED) is 0.536. The Kier molecular flexibility index (Phi) is 4.50. The number of pyridine rings is 2. The van der Waals surface area contributed by atoms with Gasteiger partial charge in [-0.2, -0.15) is 18.2 Å². The second-order valence-electron chi connectivity index (χ2n) is 6.35. The van der Waals surface area contributed by atoms with Crippen LogP contribution in [0.15, 0.2) is 59.3 Å². The smallest absolute Gasteiger partial charge is 0.384 e. The number of aromatic nitrogens is 4. The van der Waals surface area contributed by atoms with Gasteiger partial charge in [-0.15, -0.1) is 0 Å². The molecular formula is C20H14F3N5O. The van der Waals surface area contributed by atoms with E-state index in [1.165, 1.54) is 18.3 Å². The lowest BCUT2D eigenvalue weighted by Gasteiger charge is -2.09. The average Bonchev–Trinajstić information content (AvgIpc) is 3.18. The Bertz CT molecular complexity index is 1150. The number of anilines is 1. The highest BCUT2D eigenvalue weighted by atomic mass is 19.4. The van der Waals surface area contributed by atoms with Gasteiger partial charge in [0.05, 0.1) is 5.56 Å². The highest BCUT2D eigenvalue weighted by Crippen LogP contribution is 2.32. The Labute approximate surface area is 163 Å². The zero-order valence-corrected chi connectivity index (χ0v) is 15.1. The van der Waals surface area contributed by atoms with Gasteiger partial charge in [-0.3, -0.25) is 0 Å². The highest BCUT2D eigenvalue weighted by molar-refractivity contribution is 5.69.